The number of hydrogen-bond donors (Lipinski definition) is 1. The monoisotopic (exact) mass is 397 g/mol. The maximum atomic E-state index is 11.6. The largest absolute Gasteiger partial charge is 0.477 e. The van der Waals surface area contributed by atoms with Crippen molar-refractivity contribution >= 4 is 11.6 Å². The van der Waals surface area contributed by atoms with Crippen molar-refractivity contribution in [2.24, 2.45) is 0 Å². The SMILES string of the molecule is O=C(O)c1cnn2c(C3CCCCC3)c(-c3ccc(-c4ccccc4)cc3)cnc12. The summed E-state index contributed by atoms with van der Waals surface area (Å²) in [5, 5.41) is 13.9. The van der Waals surface area contributed by atoms with Crippen molar-refractivity contribution in [3.8, 4) is 22.3 Å². The molecule has 2 aromatic heterocycles. The molecule has 2 aromatic carbocycles. The van der Waals surface area contributed by atoms with Gasteiger partial charge in [-0.15, -0.1) is 0 Å². The van der Waals surface area contributed by atoms with Gasteiger partial charge < -0.3 is 5.11 Å². The Labute approximate surface area is 175 Å². The van der Waals surface area contributed by atoms with Crippen molar-refractivity contribution in [2.75, 3.05) is 0 Å². The van der Waals surface area contributed by atoms with Crippen molar-refractivity contribution in [3.05, 3.63) is 78.2 Å². The van der Waals surface area contributed by atoms with Gasteiger partial charge in [0.05, 0.1) is 11.9 Å². The molecular weight excluding hydrogens is 374 g/mol. The van der Waals surface area contributed by atoms with Gasteiger partial charge in [-0.1, -0.05) is 73.9 Å². The molecule has 5 rings (SSSR count). The Balaban J connectivity index is 1.64. The van der Waals surface area contributed by atoms with E-state index in [1.807, 2.05) is 24.4 Å². The molecule has 1 fully saturated rings. The minimum atomic E-state index is -0.993. The standard InChI is InChI=1S/C25H23N3O2/c29-25(30)22-16-27-28-23(20-9-5-2-6-10-20)21(15-26-24(22)28)19-13-11-18(12-14-19)17-7-3-1-4-8-17/h1,3-4,7-8,11-16,20H,2,5-6,9-10H2,(H,29,30). The van der Waals surface area contributed by atoms with Gasteiger partial charge in [-0.05, 0) is 29.5 Å². The summed E-state index contributed by atoms with van der Waals surface area (Å²) >= 11 is 0. The molecule has 0 amide bonds. The zero-order valence-electron chi connectivity index (χ0n) is 16.7. The van der Waals surface area contributed by atoms with E-state index in [1.54, 1.807) is 4.52 Å². The summed E-state index contributed by atoms with van der Waals surface area (Å²) in [5.41, 5.74) is 6.12. The van der Waals surface area contributed by atoms with Gasteiger partial charge in [0.25, 0.3) is 0 Å². The lowest BCUT2D eigenvalue weighted by molar-refractivity contribution is 0.0698. The molecule has 1 N–H and O–H groups in total. The lowest BCUT2D eigenvalue weighted by atomic mass is 9.84. The van der Waals surface area contributed by atoms with Gasteiger partial charge >= 0.3 is 5.97 Å². The lowest BCUT2D eigenvalue weighted by Gasteiger charge is -2.25. The summed E-state index contributed by atoms with van der Waals surface area (Å²) < 4.78 is 1.76. The number of benzene rings is 2. The third-order valence-electron chi connectivity index (χ3n) is 6.09. The maximum Gasteiger partial charge on any atom is 0.341 e. The highest BCUT2D eigenvalue weighted by Gasteiger charge is 2.25. The number of nitrogens with zero attached hydrogens (tertiary/aromatic N) is 3. The topological polar surface area (TPSA) is 67.5 Å². The molecule has 5 nitrogen and oxygen atoms in total. The number of carboxylic acid groups (broad SMARTS) is 1. The van der Waals surface area contributed by atoms with E-state index in [9.17, 15) is 9.90 Å². The first kappa shape index (κ1) is 18.6. The van der Waals surface area contributed by atoms with Crippen LogP contribution >= 0.6 is 0 Å². The van der Waals surface area contributed by atoms with Gasteiger partial charge in [0, 0.05) is 17.7 Å². The number of rotatable bonds is 4. The molecule has 1 saturated carbocycles. The molecule has 2 heterocycles. The second-order valence-corrected chi connectivity index (χ2v) is 7.93. The second-order valence-electron chi connectivity index (χ2n) is 7.93. The smallest absolute Gasteiger partial charge is 0.341 e. The van der Waals surface area contributed by atoms with Gasteiger partial charge in [-0.2, -0.15) is 5.10 Å². The summed E-state index contributed by atoms with van der Waals surface area (Å²) in [6.45, 7) is 0. The molecule has 0 aliphatic heterocycles. The van der Waals surface area contributed by atoms with E-state index in [4.69, 9.17) is 0 Å². The summed E-state index contributed by atoms with van der Waals surface area (Å²) in [6.07, 6.45) is 9.06. The number of aromatic nitrogens is 3. The molecule has 0 spiro atoms. The van der Waals surface area contributed by atoms with Gasteiger partial charge in [-0.3, -0.25) is 0 Å². The first-order chi connectivity index (χ1) is 14.7. The van der Waals surface area contributed by atoms with Gasteiger partial charge in [0.1, 0.15) is 5.56 Å². The minimum absolute atomic E-state index is 0.151. The van der Waals surface area contributed by atoms with E-state index in [0.717, 1.165) is 29.7 Å². The number of carbonyl (C=O) groups is 1. The second kappa shape index (κ2) is 7.75. The van der Waals surface area contributed by atoms with Crippen LogP contribution in [0.2, 0.25) is 0 Å². The molecule has 0 unspecified atom stereocenters. The van der Waals surface area contributed by atoms with Crippen LogP contribution in [0.25, 0.3) is 27.9 Å². The molecule has 1 aliphatic carbocycles. The van der Waals surface area contributed by atoms with Crippen LogP contribution in [0, 0.1) is 0 Å². The average Bonchev–Trinajstić information content (AvgIpc) is 3.24. The third-order valence-corrected chi connectivity index (χ3v) is 6.09. The fourth-order valence-electron chi connectivity index (χ4n) is 4.56. The first-order valence-corrected chi connectivity index (χ1v) is 10.5. The molecular formula is C25H23N3O2. The molecule has 0 atom stereocenters. The quantitative estimate of drug-likeness (QED) is 0.472. The Hall–Kier alpha value is -3.47. The Bertz CT molecular complexity index is 1190. The summed E-state index contributed by atoms with van der Waals surface area (Å²) in [4.78, 5) is 16.1. The summed E-state index contributed by atoms with van der Waals surface area (Å²) in [6, 6.07) is 18.8. The number of fused-ring (bicyclic) bond motifs is 1. The predicted octanol–water partition coefficient (Wildman–Crippen LogP) is 5.81. The van der Waals surface area contributed by atoms with Crippen LogP contribution in [0.1, 0.15) is 54.1 Å². The fourth-order valence-corrected chi connectivity index (χ4v) is 4.56. The molecule has 4 aromatic rings. The normalized spacial score (nSPS) is 14.8. The van der Waals surface area contributed by atoms with Crippen LogP contribution < -0.4 is 0 Å². The van der Waals surface area contributed by atoms with E-state index in [1.165, 1.54) is 36.6 Å². The maximum absolute atomic E-state index is 11.6. The minimum Gasteiger partial charge on any atom is -0.477 e. The predicted molar refractivity (Wildman–Crippen MR) is 117 cm³/mol. The van der Waals surface area contributed by atoms with Crippen molar-refractivity contribution in [2.45, 2.75) is 38.0 Å². The molecule has 0 radical (unpaired) electrons. The first-order valence-electron chi connectivity index (χ1n) is 10.5. The molecule has 1 aliphatic rings. The van der Waals surface area contributed by atoms with Crippen molar-refractivity contribution in [3.63, 3.8) is 0 Å². The average molecular weight is 397 g/mol. The van der Waals surface area contributed by atoms with E-state index >= 15 is 0 Å². The Morgan fingerprint density at radius 3 is 2.23 bits per heavy atom. The Morgan fingerprint density at radius 1 is 0.867 bits per heavy atom. The highest BCUT2D eigenvalue weighted by Crippen LogP contribution is 2.38. The molecule has 0 saturated heterocycles. The summed E-state index contributed by atoms with van der Waals surface area (Å²) in [5.74, 6) is -0.637. The fraction of sp³-hybridized carbons (Fsp3) is 0.240. The van der Waals surface area contributed by atoms with E-state index in [0.29, 0.717) is 11.6 Å². The molecule has 0 bridgehead atoms. The molecule has 150 valence electrons. The summed E-state index contributed by atoms with van der Waals surface area (Å²) in [7, 11) is 0. The number of aromatic carboxylic acids is 1. The van der Waals surface area contributed by atoms with Crippen LogP contribution in [0.4, 0.5) is 0 Å². The van der Waals surface area contributed by atoms with E-state index in [-0.39, 0.29) is 5.56 Å². The van der Waals surface area contributed by atoms with Crippen molar-refractivity contribution in [1.82, 2.24) is 14.6 Å². The zero-order chi connectivity index (χ0) is 20.5. The number of hydrogen-bond acceptors (Lipinski definition) is 3. The van der Waals surface area contributed by atoms with Crippen LogP contribution in [-0.2, 0) is 0 Å². The Kier molecular flexibility index (Phi) is 4.79. The van der Waals surface area contributed by atoms with Crippen LogP contribution in [-0.4, -0.2) is 25.7 Å². The van der Waals surface area contributed by atoms with Gasteiger partial charge in [0.15, 0.2) is 5.65 Å². The highest BCUT2D eigenvalue weighted by molar-refractivity contribution is 5.94. The van der Waals surface area contributed by atoms with Crippen LogP contribution in [0.3, 0.4) is 0 Å². The lowest BCUT2D eigenvalue weighted by Crippen LogP contribution is -2.13. The van der Waals surface area contributed by atoms with Gasteiger partial charge in [0.2, 0.25) is 0 Å². The molecule has 5 heteroatoms. The van der Waals surface area contributed by atoms with E-state index in [2.05, 4.69) is 46.5 Å². The molecule has 30 heavy (non-hydrogen) atoms. The third kappa shape index (κ3) is 3.26. The Morgan fingerprint density at radius 2 is 1.53 bits per heavy atom. The van der Waals surface area contributed by atoms with E-state index < -0.39 is 5.97 Å². The van der Waals surface area contributed by atoms with Gasteiger partial charge in [-0.25, -0.2) is 14.3 Å². The van der Waals surface area contributed by atoms with Crippen molar-refractivity contribution < 1.29 is 9.90 Å². The van der Waals surface area contributed by atoms with Crippen LogP contribution in [0.5, 0.6) is 0 Å². The zero-order valence-corrected chi connectivity index (χ0v) is 16.7. The highest BCUT2D eigenvalue weighted by atomic mass is 16.4. The number of carboxylic acids is 1. The van der Waals surface area contributed by atoms with Crippen molar-refractivity contribution in [1.29, 1.82) is 0 Å². The van der Waals surface area contributed by atoms with Crippen LogP contribution in [0.15, 0.2) is 67.0 Å².